The molecule has 1 amide bonds. The first-order chi connectivity index (χ1) is 9.84. The molecule has 1 saturated heterocycles. The normalized spacial score (nSPS) is 22.0. The number of carbonyl (C=O) groups excluding carboxylic acids is 1. The maximum atomic E-state index is 13.0. The number of halogens is 1. The lowest BCUT2D eigenvalue weighted by Gasteiger charge is -2.28. The Balaban J connectivity index is 2.14. The fourth-order valence-corrected chi connectivity index (χ4v) is 4.53. The number of nitrogens with zero attached hydrogens (tertiary/aromatic N) is 1. The second-order valence-corrected chi connectivity index (χ2v) is 7.75. The number of carbonyl (C=O) groups is 1. The molecule has 0 spiro atoms. The van der Waals surface area contributed by atoms with Gasteiger partial charge >= 0.3 is 0 Å². The molecule has 1 fully saturated rings. The lowest BCUT2D eigenvalue weighted by atomic mass is 9.94. The van der Waals surface area contributed by atoms with Gasteiger partial charge in [0.2, 0.25) is 5.91 Å². The van der Waals surface area contributed by atoms with Crippen LogP contribution in [0.2, 0.25) is 0 Å². The number of sulfone groups is 1. The lowest BCUT2D eigenvalue weighted by Crippen LogP contribution is -2.40. The molecule has 0 aliphatic carbocycles. The van der Waals surface area contributed by atoms with E-state index in [0.29, 0.717) is 12.8 Å². The van der Waals surface area contributed by atoms with E-state index in [2.05, 4.69) is 0 Å². The second kappa shape index (κ2) is 6.13. The highest BCUT2D eigenvalue weighted by atomic mass is 32.2. The Bertz CT molecular complexity index is 612. The molecule has 2 unspecified atom stereocenters. The van der Waals surface area contributed by atoms with Gasteiger partial charge in [0.25, 0.3) is 0 Å². The van der Waals surface area contributed by atoms with Gasteiger partial charge in [0.15, 0.2) is 9.84 Å². The molecule has 1 aromatic carbocycles. The van der Waals surface area contributed by atoms with Gasteiger partial charge in [0.05, 0.1) is 17.4 Å². The summed E-state index contributed by atoms with van der Waals surface area (Å²) in [5.74, 6) is -0.626. The first-order valence-electron chi connectivity index (χ1n) is 7.06. The van der Waals surface area contributed by atoms with Crippen LogP contribution in [0.15, 0.2) is 24.3 Å². The fourth-order valence-electron chi connectivity index (χ4n) is 2.75. The summed E-state index contributed by atoms with van der Waals surface area (Å²) in [7, 11) is -1.37. The van der Waals surface area contributed by atoms with E-state index in [4.69, 9.17) is 0 Å². The zero-order chi connectivity index (χ0) is 15.6. The third kappa shape index (κ3) is 3.61. The van der Waals surface area contributed by atoms with E-state index in [1.165, 1.54) is 12.1 Å². The molecule has 0 aromatic heterocycles. The summed E-state index contributed by atoms with van der Waals surface area (Å²) in [6.45, 7) is 1.89. The Morgan fingerprint density at radius 1 is 1.38 bits per heavy atom. The molecule has 0 N–H and O–H groups in total. The van der Waals surface area contributed by atoms with E-state index < -0.39 is 9.84 Å². The van der Waals surface area contributed by atoms with Crippen molar-refractivity contribution in [2.24, 2.45) is 0 Å². The van der Waals surface area contributed by atoms with Gasteiger partial charge in [-0.15, -0.1) is 0 Å². The highest BCUT2D eigenvalue weighted by Gasteiger charge is 2.34. The SMILES string of the molecule is CCC(C(=O)N(C)C1CCS(=O)(=O)C1)c1ccc(F)cc1. The van der Waals surface area contributed by atoms with Crippen molar-refractivity contribution in [3.05, 3.63) is 35.6 Å². The minimum Gasteiger partial charge on any atom is -0.341 e. The van der Waals surface area contributed by atoms with Gasteiger partial charge in [-0.05, 0) is 30.5 Å². The Morgan fingerprint density at radius 3 is 2.48 bits per heavy atom. The van der Waals surface area contributed by atoms with Crippen LogP contribution in [0.5, 0.6) is 0 Å². The van der Waals surface area contributed by atoms with E-state index >= 15 is 0 Å². The zero-order valence-electron chi connectivity index (χ0n) is 12.3. The van der Waals surface area contributed by atoms with Crippen LogP contribution < -0.4 is 0 Å². The monoisotopic (exact) mass is 313 g/mol. The maximum absolute atomic E-state index is 13.0. The van der Waals surface area contributed by atoms with Crippen LogP contribution in [-0.4, -0.2) is 43.8 Å². The molecule has 21 heavy (non-hydrogen) atoms. The van der Waals surface area contributed by atoms with Crippen molar-refractivity contribution < 1.29 is 17.6 Å². The van der Waals surface area contributed by atoms with Crippen LogP contribution in [0.3, 0.4) is 0 Å². The molecule has 4 nitrogen and oxygen atoms in total. The molecule has 1 aliphatic rings. The van der Waals surface area contributed by atoms with Crippen LogP contribution in [0.4, 0.5) is 4.39 Å². The van der Waals surface area contributed by atoms with Crippen molar-refractivity contribution in [3.8, 4) is 0 Å². The summed E-state index contributed by atoms with van der Waals surface area (Å²) in [5, 5.41) is 0. The van der Waals surface area contributed by atoms with Gasteiger partial charge in [0.1, 0.15) is 5.82 Å². The second-order valence-electron chi connectivity index (χ2n) is 5.52. The number of rotatable bonds is 4. The smallest absolute Gasteiger partial charge is 0.230 e. The first-order valence-corrected chi connectivity index (χ1v) is 8.88. The van der Waals surface area contributed by atoms with Crippen LogP contribution in [-0.2, 0) is 14.6 Å². The minimum absolute atomic E-state index is 0.0368. The predicted molar refractivity (Wildman–Crippen MR) is 79.3 cm³/mol. The van der Waals surface area contributed by atoms with E-state index in [-0.39, 0.29) is 35.2 Å². The van der Waals surface area contributed by atoms with E-state index in [0.717, 1.165) is 5.56 Å². The van der Waals surface area contributed by atoms with Gasteiger partial charge in [-0.3, -0.25) is 4.79 Å². The molecule has 2 rings (SSSR count). The molecule has 0 saturated carbocycles. The largest absolute Gasteiger partial charge is 0.341 e. The molecule has 0 bridgehead atoms. The van der Waals surface area contributed by atoms with Crippen molar-refractivity contribution in [2.45, 2.75) is 31.7 Å². The standard InChI is InChI=1S/C15H20FNO3S/c1-3-14(11-4-6-12(16)7-5-11)15(18)17(2)13-8-9-21(19,20)10-13/h4-7,13-14H,3,8-10H2,1-2H3. The van der Waals surface area contributed by atoms with E-state index in [1.54, 1.807) is 24.1 Å². The van der Waals surface area contributed by atoms with Gasteiger partial charge in [-0.1, -0.05) is 19.1 Å². The average Bonchev–Trinajstić information content (AvgIpc) is 2.81. The summed E-state index contributed by atoms with van der Waals surface area (Å²) in [4.78, 5) is 14.1. The van der Waals surface area contributed by atoms with Crippen molar-refractivity contribution in [1.82, 2.24) is 4.90 Å². The quantitative estimate of drug-likeness (QED) is 0.854. The summed E-state index contributed by atoms with van der Waals surface area (Å²) < 4.78 is 36.1. The highest BCUT2D eigenvalue weighted by molar-refractivity contribution is 7.91. The van der Waals surface area contributed by atoms with Crippen molar-refractivity contribution >= 4 is 15.7 Å². The average molecular weight is 313 g/mol. The Labute approximate surface area is 124 Å². The van der Waals surface area contributed by atoms with Gasteiger partial charge in [-0.25, -0.2) is 12.8 Å². The Morgan fingerprint density at radius 2 is 2.00 bits per heavy atom. The molecule has 1 aromatic rings. The predicted octanol–water partition coefficient (Wildman–Crippen LogP) is 1.96. The molecular formula is C15H20FNO3S. The Kier molecular flexibility index (Phi) is 4.66. The first kappa shape index (κ1) is 15.9. The highest BCUT2D eigenvalue weighted by Crippen LogP contribution is 2.25. The van der Waals surface area contributed by atoms with Crippen LogP contribution in [0, 0.1) is 5.82 Å². The molecular weight excluding hydrogens is 293 g/mol. The van der Waals surface area contributed by atoms with Crippen LogP contribution >= 0.6 is 0 Å². The third-order valence-electron chi connectivity index (χ3n) is 4.08. The lowest BCUT2D eigenvalue weighted by molar-refractivity contribution is -0.133. The van der Waals surface area contributed by atoms with Gasteiger partial charge in [0, 0.05) is 13.1 Å². The molecule has 116 valence electrons. The van der Waals surface area contributed by atoms with Crippen molar-refractivity contribution in [1.29, 1.82) is 0 Å². The summed E-state index contributed by atoms with van der Waals surface area (Å²) in [5.41, 5.74) is 0.761. The number of hydrogen-bond donors (Lipinski definition) is 0. The maximum Gasteiger partial charge on any atom is 0.230 e. The summed E-state index contributed by atoms with van der Waals surface area (Å²) in [6.07, 6.45) is 1.08. The van der Waals surface area contributed by atoms with Crippen molar-refractivity contribution in [2.75, 3.05) is 18.6 Å². The van der Waals surface area contributed by atoms with Crippen LogP contribution in [0.25, 0.3) is 0 Å². The number of amides is 1. The van der Waals surface area contributed by atoms with Gasteiger partial charge in [-0.2, -0.15) is 0 Å². The summed E-state index contributed by atoms with van der Waals surface area (Å²) in [6, 6.07) is 5.65. The number of benzene rings is 1. The van der Waals surface area contributed by atoms with E-state index in [9.17, 15) is 17.6 Å². The topological polar surface area (TPSA) is 54.5 Å². The van der Waals surface area contributed by atoms with Gasteiger partial charge < -0.3 is 4.90 Å². The molecule has 2 atom stereocenters. The number of likely N-dealkylation sites (N-methyl/N-ethyl adjacent to an activating group) is 1. The zero-order valence-corrected chi connectivity index (χ0v) is 13.1. The summed E-state index contributed by atoms with van der Waals surface area (Å²) >= 11 is 0. The van der Waals surface area contributed by atoms with E-state index in [1.807, 2.05) is 6.92 Å². The molecule has 1 aliphatic heterocycles. The van der Waals surface area contributed by atoms with Crippen molar-refractivity contribution in [3.63, 3.8) is 0 Å². The third-order valence-corrected chi connectivity index (χ3v) is 5.83. The minimum atomic E-state index is -3.02. The molecule has 0 radical (unpaired) electrons. The molecule has 1 heterocycles. The Hall–Kier alpha value is -1.43. The fraction of sp³-hybridized carbons (Fsp3) is 0.533. The molecule has 6 heteroatoms. The number of hydrogen-bond acceptors (Lipinski definition) is 3. The van der Waals surface area contributed by atoms with Crippen LogP contribution in [0.1, 0.15) is 31.2 Å².